The summed E-state index contributed by atoms with van der Waals surface area (Å²) in [7, 11) is 2.00. The van der Waals surface area contributed by atoms with Gasteiger partial charge in [-0.05, 0) is 37.7 Å². The van der Waals surface area contributed by atoms with E-state index in [0.717, 1.165) is 50.3 Å². The summed E-state index contributed by atoms with van der Waals surface area (Å²) >= 11 is 0. The van der Waals surface area contributed by atoms with Crippen LogP contribution in [0.1, 0.15) is 23.4 Å². The number of alkyl halides is 3. The van der Waals surface area contributed by atoms with Crippen molar-refractivity contribution in [3.8, 4) is 0 Å². The van der Waals surface area contributed by atoms with Crippen molar-refractivity contribution in [2.24, 2.45) is 5.73 Å². The second-order valence-electron chi connectivity index (χ2n) is 7.55. The van der Waals surface area contributed by atoms with Crippen molar-refractivity contribution in [3.05, 3.63) is 52.9 Å². The average Bonchev–Trinajstić information content (AvgIpc) is 3.07. The van der Waals surface area contributed by atoms with Gasteiger partial charge in [-0.3, -0.25) is 10.00 Å². The van der Waals surface area contributed by atoms with Crippen molar-refractivity contribution in [2.75, 3.05) is 26.7 Å². The number of aromatic amines is 1. The number of rotatable bonds is 1. The third kappa shape index (κ3) is 5.52. The van der Waals surface area contributed by atoms with E-state index in [4.69, 9.17) is 5.73 Å². The molecule has 1 aromatic heterocycles. The summed E-state index contributed by atoms with van der Waals surface area (Å²) in [5.74, 6) is -0.821. The molecule has 2 aliphatic heterocycles. The average molecular weight is 417 g/mol. The van der Waals surface area contributed by atoms with E-state index in [9.17, 15) is 22.0 Å². The van der Waals surface area contributed by atoms with Crippen LogP contribution >= 0.6 is 0 Å². The highest BCUT2D eigenvalue weighted by molar-refractivity contribution is 5.29. The lowest BCUT2D eigenvalue weighted by atomic mass is 9.96. The van der Waals surface area contributed by atoms with Crippen molar-refractivity contribution in [2.45, 2.75) is 37.6 Å². The van der Waals surface area contributed by atoms with E-state index in [0.29, 0.717) is 24.2 Å². The quantitative estimate of drug-likeness (QED) is 0.701. The fraction of sp³-hybridized carbons (Fsp3) is 0.526. The number of aromatic nitrogens is 2. The first-order chi connectivity index (χ1) is 13.6. The van der Waals surface area contributed by atoms with E-state index >= 15 is 0 Å². The minimum atomic E-state index is -4.40. The van der Waals surface area contributed by atoms with E-state index in [1.54, 1.807) is 0 Å². The molecule has 0 spiro atoms. The number of piperidine rings is 1. The maximum Gasteiger partial charge on any atom is 0.435 e. The molecule has 2 unspecified atom stereocenters. The molecule has 0 saturated carbocycles. The Morgan fingerprint density at radius 1 is 1.10 bits per heavy atom. The Kier molecular flexibility index (Phi) is 6.55. The fourth-order valence-electron chi connectivity index (χ4n) is 3.89. The number of fused-ring (bicyclic) bond motifs is 1. The molecular formula is C19H24F5N5. The van der Waals surface area contributed by atoms with Crippen LogP contribution in [0.15, 0.2) is 24.3 Å². The highest BCUT2D eigenvalue weighted by atomic mass is 19.4. The molecule has 1 saturated heterocycles. The van der Waals surface area contributed by atoms with Crippen LogP contribution in [-0.2, 0) is 19.1 Å². The number of likely N-dealkylation sites (tertiary alicyclic amines) is 1. The number of nitrogens with one attached hydrogen (secondary N) is 1. The monoisotopic (exact) mass is 417 g/mol. The van der Waals surface area contributed by atoms with Crippen molar-refractivity contribution < 1.29 is 22.0 Å². The summed E-state index contributed by atoms with van der Waals surface area (Å²) in [6.45, 7) is 2.74. The van der Waals surface area contributed by atoms with Gasteiger partial charge in [0.15, 0.2) is 5.69 Å². The van der Waals surface area contributed by atoms with E-state index in [1.165, 1.54) is 0 Å². The van der Waals surface area contributed by atoms with E-state index in [1.807, 2.05) is 7.05 Å². The lowest BCUT2D eigenvalue weighted by molar-refractivity contribution is -0.142. The third-order valence-electron chi connectivity index (χ3n) is 5.19. The van der Waals surface area contributed by atoms with Gasteiger partial charge in [0.2, 0.25) is 0 Å². The molecule has 0 radical (unpaired) electrons. The molecule has 1 fully saturated rings. The summed E-state index contributed by atoms with van der Waals surface area (Å²) in [5, 5.41) is 6.01. The summed E-state index contributed by atoms with van der Waals surface area (Å²) in [4.78, 5) is 4.26. The van der Waals surface area contributed by atoms with Crippen LogP contribution in [0.25, 0.3) is 0 Å². The molecule has 5 nitrogen and oxygen atoms in total. The number of likely N-dealkylation sites (N-methyl/N-ethyl adjacent to an activating group) is 1. The Morgan fingerprint density at radius 2 is 1.72 bits per heavy atom. The lowest BCUT2D eigenvalue weighted by Crippen LogP contribution is -2.54. The molecule has 0 amide bonds. The standard InChI is InChI=1S/C13H20F3N5.C6H4F2/c1-20-5-8(17)4-9(6-20)21-3-2-11-10(7-21)12(19-18-11)13(14,15)16;7-5-1-2-6(8)4-3-5/h8-9H,2-7,17H2,1H3,(H,18,19);1-4H. The van der Waals surface area contributed by atoms with E-state index in [-0.39, 0.29) is 12.1 Å². The van der Waals surface area contributed by atoms with Crippen LogP contribution < -0.4 is 5.73 Å². The predicted molar refractivity (Wildman–Crippen MR) is 97.9 cm³/mol. The number of hydrogen-bond acceptors (Lipinski definition) is 4. The van der Waals surface area contributed by atoms with Gasteiger partial charge in [0.05, 0.1) is 0 Å². The van der Waals surface area contributed by atoms with Crippen molar-refractivity contribution in [3.63, 3.8) is 0 Å². The molecule has 3 N–H and O–H groups in total. The zero-order valence-electron chi connectivity index (χ0n) is 16.0. The van der Waals surface area contributed by atoms with Gasteiger partial charge in [0, 0.05) is 55.9 Å². The first-order valence-corrected chi connectivity index (χ1v) is 9.36. The van der Waals surface area contributed by atoms with Crippen LogP contribution in [0.5, 0.6) is 0 Å². The van der Waals surface area contributed by atoms with Gasteiger partial charge < -0.3 is 10.6 Å². The number of nitrogens with two attached hydrogens (primary N) is 1. The molecular weight excluding hydrogens is 393 g/mol. The summed E-state index contributed by atoms with van der Waals surface area (Å²) in [6.07, 6.45) is -2.99. The topological polar surface area (TPSA) is 61.2 Å². The van der Waals surface area contributed by atoms with Gasteiger partial charge in [0.25, 0.3) is 0 Å². The van der Waals surface area contributed by atoms with E-state index < -0.39 is 23.5 Å². The lowest BCUT2D eigenvalue weighted by Gasteiger charge is -2.41. The van der Waals surface area contributed by atoms with Crippen LogP contribution in [0.3, 0.4) is 0 Å². The maximum absolute atomic E-state index is 13.0. The van der Waals surface area contributed by atoms with Crippen molar-refractivity contribution in [1.29, 1.82) is 0 Å². The maximum atomic E-state index is 13.0. The number of nitrogens with zero attached hydrogens (tertiary/aromatic N) is 3. The zero-order valence-corrected chi connectivity index (χ0v) is 16.0. The Bertz CT molecular complexity index is 773. The molecule has 2 atom stereocenters. The Morgan fingerprint density at radius 3 is 2.28 bits per heavy atom. The molecule has 29 heavy (non-hydrogen) atoms. The van der Waals surface area contributed by atoms with Crippen LogP contribution in [0.2, 0.25) is 0 Å². The van der Waals surface area contributed by atoms with Gasteiger partial charge in [-0.25, -0.2) is 8.78 Å². The molecule has 0 bridgehead atoms. The number of halogens is 5. The first kappa shape index (κ1) is 21.7. The third-order valence-corrected chi connectivity index (χ3v) is 5.19. The van der Waals surface area contributed by atoms with Gasteiger partial charge in [-0.1, -0.05) is 0 Å². The molecule has 160 valence electrons. The molecule has 2 aromatic rings. The molecule has 3 heterocycles. The van der Waals surface area contributed by atoms with Gasteiger partial charge >= 0.3 is 6.18 Å². The summed E-state index contributed by atoms with van der Waals surface area (Å²) in [6, 6.07) is 4.61. The fourth-order valence-corrected chi connectivity index (χ4v) is 3.89. The molecule has 0 aliphatic carbocycles. The highest BCUT2D eigenvalue weighted by Gasteiger charge is 2.40. The van der Waals surface area contributed by atoms with Crippen molar-refractivity contribution >= 4 is 0 Å². The Hall–Kier alpha value is -2.04. The van der Waals surface area contributed by atoms with Crippen LogP contribution in [0.4, 0.5) is 22.0 Å². The Balaban J connectivity index is 0.000000252. The van der Waals surface area contributed by atoms with Gasteiger partial charge in [-0.15, -0.1) is 0 Å². The summed E-state index contributed by atoms with van der Waals surface area (Å²) in [5.41, 5.74) is 6.18. The van der Waals surface area contributed by atoms with Gasteiger partial charge in [-0.2, -0.15) is 18.3 Å². The highest BCUT2D eigenvalue weighted by Crippen LogP contribution is 2.34. The largest absolute Gasteiger partial charge is 0.435 e. The molecule has 1 aromatic carbocycles. The SMILES string of the molecule is CN1CC(N)CC(N2CCc3[nH]nc(C(F)(F)F)c3C2)C1.Fc1ccc(F)cc1. The minimum absolute atomic E-state index is 0.0848. The smallest absolute Gasteiger partial charge is 0.326 e. The van der Waals surface area contributed by atoms with Crippen molar-refractivity contribution in [1.82, 2.24) is 20.0 Å². The van der Waals surface area contributed by atoms with E-state index in [2.05, 4.69) is 20.0 Å². The Labute approximate surface area is 165 Å². The van der Waals surface area contributed by atoms with Crippen LogP contribution in [0, 0.1) is 11.6 Å². The van der Waals surface area contributed by atoms with Gasteiger partial charge in [0.1, 0.15) is 11.6 Å². The minimum Gasteiger partial charge on any atom is -0.326 e. The molecule has 2 aliphatic rings. The van der Waals surface area contributed by atoms with Crippen LogP contribution in [-0.4, -0.2) is 58.8 Å². The second kappa shape index (κ2) is 8.76. The summed E-state index contributed by atoms with van der Waals surface area (Å²) < 4.78 is 62.8. The zero-order chi connectivity index (χ0) is 21.2. The number of H-pyrrole nitrogens is 1. The number of benzene rings is 1. The molecule has 4 rings (SSSR count). The predicted octanol–water partition coefficient (Wildman–Crippen LogP) is 2.78. The molecule has 10 heteroatoms. The second-order valence-corrected chi connectivity index (χ2v) is 7.55. The number of hydrogen-bond donors (Lipinski definition) is 2. The first-order valence-electron chi connectivity index (χ1n) is 9.36. The normalized spacial score (nSPS) is 23.3.